The van der Waals surface area contributed by atoms with Gasteiger partial charge in [0.05, 0.1) is 0 Å². The Bertz CT molecular complexity index is 111. The molecule has 48 valence electrons. The SMILES string of the molecule is O=S(=O)(O)O.[H-].[Na+].[O]=[Fe]. The minimum atomic E-state index is -4.67. The molecule has 0 aromatic carbocycles. The van der Waals surface area contributed by atoms with Crippen LogP contribution in [0.5, 0.6) is 0 Å². The van der Waals surface area contributed by atoms with E-state index < -0.39 is 10.4 Å². The Morgan fingerprint density at radius 3 is 1.25 bits per heavy atom. The van der Waals surface area contributed by atoms with E-state index in [0.717, 1.165) is 0 Å². The molecule has 2 N–H and O–H groups in total. The molecule has 0 heterocycles. The van der Waals surface area contributed by atoms with Gasteiger partial charge in [-0.15, -0.1) is 0 Å². The fourth-order valence-electron chi connectivity index (χ4n) is 0. The van der Waals surface area contributed by atoms with Gasteiger partial charge in [-0.1, -0.05) is 0 Å². The first kappa shape index (κ1) is 16.1. The van der Waals surface area contributed by atoms with Crippen molar-refractivity contribution in [1.29, 1.82) is 0 Å². The summed E-state index contributed by atoms with van der Waals surface area (Å²) < 4.78 is 39.6. The van der Waals surface area contributed by atoms with Gasteiger partial charge in [-0.3, -0.25) is 9.11 Å². The molecule has 0 saturated heterocycles. The number of hydrogen-bond acceptors (Lipinski definition) is 3. The molecule has 0 radical (unpaired) electrons. The van der Waals surface area contributed by atoms with Gasteiger partial charge in [0.15, 0.2) is 0 Å². The van der Waals surface area contributed by atoms with Crippen LogP contribution in [0.25, 0.3) is 0 Å². The molecule has 5 nitrogen and oxygen atoms in total. The van der Waals surface area contributed by atoms with Gasteiger partial charge in [-0.05, 0) is 0 Å². The Kier molecular flexibility index (Phi) is 16.5. The fourth-order valence-corrected chi connectivity index (χ4v) is 0. The molecule has 0 aliphatic heterocycles. The Labute approximate surface area is 78.2 Å². The second-order valence-corrected chi connectivity index (χ2v) is 1.34. The van der Waals surface area contributed by atoms with Crippen LogP contribution in [-0.4, -0.2) is 17.5 Å². The summed E-state index contributed by atoms with van der Waals surface area (Å²) in [5.74, 6) is 0. The molecule has 0 fully saturated rings. The molecule has 0 aromatic heterocycles. The van der Waals surface area contributed by atoms with Gasteiger partial charge in [0.1, 0.15) is 0 Å². The Hall–Kier alpha value is 1.19. The van der Waals surface area contributed by atoms with Gasteiger partial charge in [-0.2, -0.15) is 8.42 Å². The van der Waals surface area contributed by atoms with Crippen LogP contribution in [-0.2, 0) is 30.2 Å². The van der Waals surface area contributed by atoms with Gasteiger partial charge < -0.3 is 1.43 Å². The Morgan fingerprint density at radius 1 is 1.25 bits per heavy atom. The Balaban J connectivity index is -0.0000000286. The van der Waals surface area contributed by atoms with Gasteiger partial charge >= 0.3 is 59.7 Å². The normalized spacial score (nSPS) is 7.88. The molecule has 0 rings (SSSR count). The van der Waals surface area contributed by atoms with Crippen LogP contribution in [0.3, 0.4) is 0 Å². The summed E-state index contributed by atoms with van der Waals surface area (Å²) in [6.45, 7) is 0. The van der Waals surface area contributed by atoms with E-state index in [9.17, 15) is 0 Å². The van der Waals surface area contributed by atoms with Crippen LogP contribution in [0.1, 0.15) is 1.43 Å². The zero-order chi connectivity index (χ0) is 6.50. The van der Waals surface area contributed by atoms with Crippen LogP contribution in [0.15, 0.2) is 0 Å². The van der Waals surface area contributed by atoms with Gasteiger partial charge in [0.25, 0.3) is 0 Å². The topological polar surface area (TPSA) is 91.7 Å². The van der Waals surface area contributed by atoms with Gasteiger partial charge in [0.2, 0.25) is 0 Å². The number of hydrogen-bond donors (Lipinski definition) is 2. The summed E-state index contributed by atoms with van der Waals surface area (Å²) in [6, 6.07) is 0. The summed E-state index contributed by atoms with van der Waals surface area (Å²) in [5.41, 5.74) is 0. The van der Waals surface area contributed by atoms with E-state index in [4.69, 9.17) is 21.4 Å². The summed E-state index contributed by atoms with van der Waals surface area (Å²) in [4.78, 5) is 0. The van der Waals surface area contributed by atoms with Crippen LogP contribution >= 0.6 is 0 Å². The average molecular weight is 194 g/mol. The van der Waals surface area contributed by atoms with Crippen molar-refractivity contribution in [2.24, 2.45) is 0 Å². The predicted octanol–water partition coefficient (Wildman–Crippen LogP) is -3.66. The summed E-state index contributed by atoms with van der Waals surface area (Å²) in [6.07, 6.45) is 0. The minimum absolute atomic E-state index is 0. The molecule has 0 saturated carbocycles. The van der Waals surface area contributed by atoms with Gasteiger partial charge in [-0.25, -0.2) is 0 Å². The van der Waals surface area contributed by atoms with Crippen molar-refractivity contribution in [2.75, 3.05) is 0 Å². The van der Waals surface area contributed by atoms with Crippen molar-refractivity contribution in [3.8, 4) is 0 Å². The zero-order valence-corrected chi connectivity index (χ0v) is 7.80. The van der Waals surface area contributed by atoms with E-state index in [1.54, 1.807) is 0 Å². The molecule has 0 aliphatic carbocycles. The third-order valence-electron chi connectivity index (χ3n) is 0. The molecule has 0 aromatic rings. The quantitative estimate of drug-likeness (QED) is 0.306. The number of rotatable bonds is 0. The fraction of sp³-hybridized carbons (Fsp3) is 0. The third kappa shape index (κ3) is 195. The van der Waals surface area contributed by atoms with E-state index in [0.29, 0.717) is 0 Å². The molecule has 0 atom stereocenters. The van der Waals surface area contributed by atoms with Gasteiger partial charge in [0, 0.05) is 0 Å². The Morgan fingerprint density at radius 2 is 1.25 bits per heavy atom. The first-order chi connectivity index (χ1) is 3.00. The molecule has 0 bridgehead atoms. The molecule has 0 amide bonds. The van der Waals surface area contributed by atoms with E-state index in [1.807, 2.05) is 15.9 Å². The van der Waals surface area contributed by atoms with Crippen molar-refractivity contribution >= 4 is 10.4 Å². The second-order valence-electron chi connectivity index (χ2n) is 0.448. The molecule has 0 aliphatic rings. The summed E-state index contributed by atoms with van der Waals surface area (Å²) in [5, 5.41) is 0. The monoisotopic (exact) mass is 194 g/mol. The predicted molar refractivity (Wildman–Crippen MR) is 16.0 cm³/mol. The molecule has 0 spiro atoms. The average Bonchev–Trinajstić information content (AvgIpc) is 1.36. The van der Waals surface area contributed by atoms with Crippen molar-refractivity contribution in [3.05, 3.63) is 0 Å². The van der Waals surface area contributed by atoms with E-state index in [1.165, 1.54) is 0 Å². The van der Waals surface area contributed by atoms with E-state index in [2.05, 4.69) is 0 Å². The van der Waals surface area contributed by atoms with Crippen LogP contribution in [0.2, 0.25) is 0 Å². The second kappa shape index (κ2) is 8.19. The third-order valence-corrected chi connectivity index (χ3v) is 0. The van der Waals surface area contributed by atoms with Crippen LogP contribution in [0.4, 0.5) is 0 Å². The van der Waals surface area contributed by atoms with Crippen molar-refractivity contribution in [1.82, 2.24) is 0 Å². The zero-order valence-electron chi connectivity index (χ0n) is 4.88. The standard InChI is InChI=1S/Fe.Na.H2O4S.O.H/c;;1-5(2,3)4;;/h;;(H2,1,2,3,4);;/q;+1;;;-1. The molecular formula is H3FeNaO5S. The van der Waals surface area contributed by atoms with Crippen molar-refractivity contribution in [2.45, 2.75) is 0 Å². The first-order valence-electron chi connectivity index (χ1n) is 0.843. The van der Waals surface area contributed by atoms with Crippen LogP contribution in [0, 0.1) is 0 Å². The molecule has 8 heteroatoms. The molecular weight excluding hydrogens is 191 g/mol. The van der Waals surface area contributed by atoms with E-state index in [-0.39, 0.29) is 31.0 Å². The summed E-state index contributed by atoms with van der Waals surface area (Å²) >= 11 is 2.00. The van der Waals surface area contributed by atoms with Crippen molar-refractivity contribution < 1.29 is 68.3 Å². The first-order valence-corrected chi connectivity index (χ1v) is 2.69. The van der Waals surface area contributed by atoms with Crippen LogP contribution < -0.4 is 29.6 Å². The molecule has 0 unspecified atom stereocenters. The maximum atomic E-state index is 8.74. The van der Waals surface area contributed by atoms with Crippen molar-refractivity contribution in [3.63, 3.8) is 0 Å². The van der Waals surface area contributed by atoms with E-state index >= 15 is 0 Å². The molecule has 8 heavy (non-hydrogen) atoms. The summed E-state index contributed by atoms with van der Waals surface area (Å²) in [7, 11) is -4.67. The maximum absolute atomic E-state index is 8.74.